The van der Waals surface area contributed by atoms with E-state index in [0.717, 1.165) is 41.8 Å². The number of carbonyl (C=O) groups excluding carboxylic acids is 1. The second-order valence-corrected chi connectivity index (χ2v) is 6.70. The maximum absolute atomic E-state index is 11.7. The van der Waals surface area contributed by atoms with Gasteiger partial charge in [-0.15, -0.1) is 0 Å². The van der Waals surface area contributed by atoms with Gasteiger partial charge in [-0.2, -0.15) is 0 Å². The van der Waals surface area contributed by atoms with E-state index in [1.165, 1.54) is 5.56 Å². The van der Waals surface area contributed by atoms with Gasteiger partial charge < -0.3 is 15.4 Å². The summed E-state index contributed by atoms with van der Waals surface area (Å²) in [5.41, 5.74) is 2.34. The predicted octanol–water partition coefficient (Wildman–Crippen LogP) is 2.64. The van der Waals surface area contributed by atoms with E-state index in [1.807, 2.05) is 6.07 Å². The van der Waals surface area contributed by atoms with Crippen molar-refractivity contribution in [2.75, 3.05) is 19.7 Å². The van der Waals surface area contributed by atoms with Crippen molar-refractivity contribution in [1.29, 1.82) is 0 Å². The Morgan fingerprint density at radius 1 is 1.43 bits per heavy atom. The molecule has 2 rings (SSSR count). The van der Waals surface area contributed by atoms with Gasteiger partial charge in [-0.25, -0.2) is 0 Å². The molecule has 0 atom stereocenters. The summed E-state index contributed by atoms with van der Waals surface area (Å²) in [5.74, 6) is 1.63. The number of carbonyl (C=O) groups is 1. The number of halogens is 1. The van der Waals surface area contributed by atoms with E-state index >= 15 is 0 Å². The molecule has 0 aliphatic carbocycles. The van der Waals surface area contributed by atoms with Crippen LogP contribution in [0.15, 0.2) is 16.6 Å². The van der Waals surface area contributed by atoms with Gasteiger partial charge in [-0.1, -0.05) is 29.8 Å². The lowest BCUT2D eigenvalue weighted by atomic mass is 10.1. The van der Waals surface area contributed by atoms with Crippen molar-refractivity contribution < 1.29 is 9.53 Å². The SMILES string of the molecule is CC(C)CCNC(=O)CNCc1cc(Br)cc2c1OCC2. The zero-order valence-corrected chi connectivity index (χ0v) is 14.3. The van der Waals surface area contributed by atoms with Gasteiger partial charge in [0.1, 0.15) is 5.75 Å². The van der Waals surface area contributed by atoms with Gasteiger partial charge in [-0.3, -0.25) is 4.79 Å². The van der Waals surface area contributed by atoms with Crippen LogP contribution in [-0.2, 0) is 17.8 Å². The fraction of sp³-hybridized carbons (Fsp3) is 0.562. The number of hydrogen-bond acceptors (Lipinski definition) is 3. The van der Waals surface area contributed by atoms with Crippen LogP contribution in [0.3, 0.4) is 0 Å². The van der Waals surface area contributed by atoms with Gasteiger partial charge >= 0.3 is 0 Å². The molecule has 0 spiro atoms. The van der Waals surface area contributed by atoms with Crippen molar-refractivity contribution in [3.63, 3.8) is 0 Å². The molecule has 0 saturated heterocycles. The highest BCUT2D eigenvalue weighted by Crippen LogP contribution is 2.32. The molecular formula is C16H23BrN2O2. The Morgan fingerprint density at radius 2 is 2.24 bits per heavy atom. The van der Waals surface area contributed by atoms with Gasteiger partial charge in [-0.05, 0) is 30.0 Å². The molecule has 0 aromatic heterocycles. The van der Waals surface area contributed by atoms with Crippen LogP contribution in [0.2, 0.25) is 0 Å². The van der Waals surface area contributed by atoms with Crippen LogP contribution in [0, 0.1) is 5.92 Å². The van der Waals surface area contributed by atoms with E-state index in [4.69, 9.17) is 4.74 Å². The first-order valence-corrected chi connectivity index (χ1v) is 8.27. The van der Waals surface area contributed by atoms with Crippen molar-refractivity contribution in [1.82, 2.24) is 10.6 Å². The number of amides is 1. The molecule has 1 aromatic carbocycles. The number of hydrogen-bond donors (Lipinski definition) is 2. The predicted molar refractivity (Wildman–Crippen MR) is 87.5 cm³/mol. The Morgan fingerprint density at radius 3 is 3.00 bits per heavy atom. The smallest absolute Gasteiger partial charge is 0.233 e. The third-order valence-electron chi connectivity index (χ3n) is 3.47. The van der Waals surface area contributed by atoms with E-state index in [1.54, 1.807) is 0 Å². The molecule has 0 radical (unpaired) electrons. The standard InChI is InChI=1S/C16H23BrN2O2/c1-11(2)3-5-19-15(20)10-18-9-13-8-14(17)7-12-4-6-21-16(12)13/h7-8,11,18H,3-6,9-10H2,1-2H3,(H,19,20). The summed E-state index contributed by atoms with van der Waals surface area (Å²) < 4.78 is 6.73. The van der Waals surface area contributed by atoms with Crippen LogP contribution < -0.4 is 15.4 Å². The van der Waals surface area contributed by atoms with Crippen LogP contribution in [0.25, 0.3) is 0 Å². The summed E-state index contributed by atoms with van der Waals surface area (Å²) in [5, 5.41) is 6.11. The van der Waals surface area contributed by atoms with E-state index in [2.05, 4.69) is 46.5 Å². The Bertz CT molecular complexity index is 503. The lowest BCUT2D eigenvalue weighted by molar-refractivity contribution is -0.120. The van der Waals surface area contributed by atoms with E-state index in [9.17, 15) is 4.79 Å². The molecule has 116 valence electrons. The minimum Gasteiger partial charge on any atom is -0.493 e. The highest BCUT2D eigenvalue weighted by molar-refractivity contribution is 9.10. The number of rotatable bonds is 7. The molecule has 0 bridgehead atoms. The van der Waals surface area contributed by atoms with Crippen LogP contribution in [0.5, 0.6) is 5.75 Å². The molecule has 0 unspecified atom stereocenters. The Hall–Kier alpha value is -1.07. The first-order valence-electron chi connectivity index (χ1n) is 7.47. The second-order valence-electron chi connectivity index (χ2n) is 5.79. The molecule has 1 heterocycles. The number of fused-ring (bicyclic) bond motifs is 1. The van der Waals surface area contributed by atoms with Crippen molar-refractivity contribution in [2.24, 2.45) is 5.92 Å². The molecule has 5 heteroatoms. The molecule has 2 N–H and O–H groups in total. The zero-order valence-electron chi connectivity index (χ0n) is 12.7. The van der Waals surface area contributed by atoms with Crippen molar-refractivity contribution >= 4 is 21.8 Å². The molecule has 4 nitrogen and oxygen atoms in total. The molecule has 1 aromatic rings. The monoisotopic (exact) mass is 354 g/mol. The average molecular weight is 355 g/mol. The number of nitrogens with one attached hydrogen (secondary N) is 2. The summed E-state index contributed by atoms with van der Waals surface area (Å²) >= 11 is 3.52. The normalized spacial score (nSPS) is 13.1. The maximum Gasteiger partial charge on any atom is 0.233 e. The quantitative estimate of drug-likeness (QED) is 0.791. The molecule has 1 amide bonds. The molecular weight excluding hydrogens is 332 g/mol. The molecule has 0 fully saturated rings. The number of ether oxygens (including phenoxy) is 1. The summed E-state index contributed by atoms with van der Waals surface area (Å²) in [6, 6.07) is 4.15. The van der Waals surface area contributed by atoms with Gasteiger partial charge in [0.05, 0.1) is 13.2 Å². The summed E-state index contributed by atoms with van der Waals surface area (Å²) in [6.07, 6.45) is 1.97. The van der Waals surface area contributed by atoms with Crippen LogP contribution in [0.1, 0.15) is 31.4 Å². The Kier molecular flexibility index (Phi) is 6.06. The van der Waals surface area contributed by atoms with E-state index < -0.39 is 0 Å². The lowest BCUT2D eigenvalue weighted by Crippen LogP contribution is -2.34. The average Bonchev–Trinajstić information content (AvgIpc) is 2.86. The maximum atomic E-state index is 11.7. The topological polar surface area (TPSA) is 50.4 Å². The van der Waals surface area contributed by atoms with Crippen LogP contribution in [0.4, 0.5) is 0 Å². The van der Waals surface area contributed by atoms with Crippen LogP contribution >= 0.6 is 15.9 Å². The summed E-state index contributed by atoms with van der Waals surface area (Å²) in [4.78, 5) is 11.7. The Balaban J connectivity index is 1.78. The minimum atomic E-state index is 0.0446. The zero-order chi connectivity index (χ0) is 15.2. The Labute approximate surface area is 134 Å². The molecule has 21 heavy (non-hydrogen) atoms. The first kappa shape index (κ1) is 16.3. The summed E-state index contributed by atoms with van der Waals surface area (Å²) in [7, 11) is 0. The first-order chi connectivity index (χ1) is 10.1. The highest BCUT2D eigenvalue weighted by atomic mass is 79.9. The summed E-state index contributed by atoms with van der Waals surface area (Å²) in [6.45, 7) is 6.76. The third kappa shape index (κ3) is 5.00. The highest BCUT2D eigenvalue weighted by Gasteiger charge is 2.17. The van der Waals surface area contributed by atoms with Crippen molar-refractivity contribution in [2.45, 2.75) is 33.2 Å². The van der Waals surface area contributed by atoms with E-state index in [0.29, 0.717) is 19.0 Å². The van der Waals surface area contributed by atoms with Gasteiger partial charge in [0.25, 0.3) is 0 Å². The van der Waals surface area contributed by atoms with E-state index in [-0.39, 0.29) is 5.91 Å². The van der Waals surface area contributed by atoms with Gasteiger partial charge in [0, 0.05) is 29.5 Å². The van der Waals surface area contributed by atoms with Crippen LogP contribution in [-0.4, -0.2) is 25.6 Å². The largest absolute Gasteiger partial charge is 0.493 e. The fourth-order valence-electron chi connectivity index (χ4n) is 2.35. The minimum absolute atomic E-state index is 0.0446. The molecule has 1 aliphatic heterocycles. The molecule has 1 aliphatic rings. The second kappa shape index (κ2) is 7.80. The fourth-order valence-corrected chi connectivity index (χ4v) is 2.90. The third-order valence-corrected chi connectivity index (χ3v) is 3.93. The van der Waals surface area contributed by atoms with Crippen molar-refractivity contribution in [3.05, 3.63) is 27.7 Å². The van der Waals surface area contributed by atoms with Gasteiger partial charge in [0.2, 0.25) is 5.91 Å². The van der Waals surface area contributed by atoms with Crippen molar-refractivity contribution in [3.8, 4) is 5.75 Å². The molecule has 0 saturated carbocycles. The lowest BCUT2D eigenvalue weighted by Gasteiger charge is -2.11. The van der Waals surface area contributed by atoms with Gasteiger partial charge in [0.15, 0.2) is 0 Å². The number of benzene rings is 1.